The van der Waals surface area contributed by atoms with Gasteiger partial charge in [-0.05, 0) is 37.5 Å². The number of methoxy groups -OCH3 is 1. The van der Waals surface area contributed by atoms with Gasteiger partial charge in [-0.3, -0.25) is 4.79 Å². The van der Waals surface area contributed by atoms with Gasteiger partial charge in [0.05, 0.1) is 6.61 Å². The fourth-order valence-corrected chi connectivity index (χ4v) is 4.39. The Labute approximate surface area is 186 Å². The summed E-state index contributed by atoms with van der Waals surface area (Å²) in [6.07, 6.45) is 1.65. The second-order valence-corrected chi connectivity index (χ2v) is 7.88. The Morgan fingerprint density at radius 2 is 1.81 bits per heavy atom. The zero-order valence-electron chi connectivity index (χ0n) is 17.6. The molecule has 1 saturated carbocycles. The largest absolute Gasteiger partial charge is 0.463 e. The summed E-state index contributed by atoms with van der Waals surface area (Å²) in [5, 5.41) is 0.296. The van der Waals surface area contributed by atoms with Gasteiger partial charge in [0.1, 0.15) is 17.8 Å². The first-order chi connectivity index (χ1) is 14.9. The SMILES string of the molecule is CCOC(=O)C1(OC(=O)C(c2ccccc2F)c2ccccc2Cl)CCCCC1OC. The lowest BCUT2D eigenvalue weighted by Crippen LogP contribution is -2.56. The van der Waals surface area contributed by atoms with Crippen LogP contribution in [0.3, 0.4) is 0 Å². The van der Waals surface area contributed by atoms with Crippen LogP contribution in [0.1, 0.15) is 49.7 Å². The monoisotopic (exact) mass is 448 g/mol. The molecule has 1 fully saturated rings. The average Bonchev–Trinajstić information content (AvgIpc) is 2.77. The predicted molar refractivity (Wildman–Crippen MR) is 114 cm³/mol. The lowest BCUT2D eigenvalue weighted by atomic mass is 9.81. The molecule has 0 bridgehead atoms. The van der Waals surface area contributed by atoms with Gasteiger partial charge in [0, 0.05) is 24.1 Å². The van der Waals surface area contributed by atoms with Crippen molar-refractivity contribution in [2.45, 2.75) is 50.2 Å². The molecule has 3 unspecified atom stereocenters. The molecular formula is C24H26ClFO5. The Balaban J connectivity index is 2.07. The van der Waals surface area contributed by atoms with Crippen molar-refractivity contribution in [1.29, 1.82) is 0 Å². The molecule has 1 aliphatic rings. The van der Waals surface area contributed by atoms with Crippen LogP contribution < -0.4 is 0 Å². The Kier molecular flexibility index (Phi) is 7.68. The first-order valence-corrected chi connectivity index (χ1v) is 10.7. The average molecular weight is 449 g/mol. The van der Waals surface area contributed by atoms with E-state index in [-0.39, 0.29) is 18.6 Å². The van der Waals surface area contributed by atoms with Crippen molar-refractivity contribution in [2.75, 3.05) is 13.7 Å². The summed E-state index contributed by atoms with van der Waals surface area (Å²) < 4.78 is 31.5. The van der Waals surface area contributed by atoms with Crippen LogP contribution in [0.25, 0.3) is 0 Å². The first-order valence-electron chi connectivity index (χ1n) is 10.4. The minimum Gasteiger partial charge on any atom is -0.463 e. The molecular weight excluding hydrogens is 423 g/mol. The van der Waals surface area contributed by atoms with Crippen LogP contribution >= 0.6 is 11.6 Å². The van der Waals surface area contributed by atoms with Crippen molar-refractivity contribution in [3.8, 4) is 0 Å². The Morgan fingerprint density at radius 1 is 1.13 bits per heavy atom. The van der Waals surface area contributed by atoms with Gasteiger partial charge in [0.2, 0.25) is 5.60 Å². The molecule has 0 heterocycles. The van der Waals surface area contributed by atoms with Crippen molar-refractivity contribution < 1.29 is 28.2 Å². The molecule has 5 nitrogen and oxygen atoms in total. The summed E-state index contributed by atoms with van der Waals surface area (Å²) in [5.74, 6) is -3.15. The molecule has 2 aromatic carbocycles. The zero-order valence-corrected chi connectivity index (χ0v) is 18.4. The summed E-state index contributed by atoms with van der Waals surface area (Å²) in [6, 6.07) is 12.7. The van der Waals surface area contributed by atoms with Gasteiger partial charge in [-0.15, -0.1) is 0 Å². The molecule has 0 aromatic heterocycles. The van der Waals surface area contributed by atoms with E-state index in [1.165, 1.54) is 25.3 Å². The van der Waals surface area contributed by atoms with Gasteiger partial charge in [-0.1, -0.05) is 54.4 Å². The Hall–Kier alpha value is -2.44. The standard InChI is InChI=1S/C24H26ClFO5/c1-3-30-23(28)24(15-9-8-14-20(24)29-2)31-22(27)21(16-10-4-6-12-18(16)25)17-11-5-7-13-19(17)26/h4-7,10-13,20-21H,3,8-9,14-15H2,1-2H3. The minimum absolute atomic E-state index is 0.115. The molecule has 7 heteroatoms. The number of carbonyl (C=O) groups excluding carboxylic acids is 2. The topological polar surface area (TPSA) is 61.8 Å². The lowest BCUT2D eigenvalue weighted by Gasteiger charge is -2.40. The van der Waals surface area contributed by atoms with Crippen molar-refractivity contribution >= 4 is 23.5 Å². The third-order valence-electron chi connectivity index (χ3n) is 5.64. The highest BCUT2D eigenvalue weighted by molar-refractivity contribution is 6.31. The molecule has 1 aliphatic carbocycles. The van der Waals surface area contributed by atoms with Crippen LogP contribution in [0.4, 0.5) is 4.39 Å². The van der Waals surface area contributed by atoms with E-state index in [4.69, 9.17) is 25.8 Å². The molecule has 0 saturated heterocycles. The molecule has 3 atom stereocenters. The minimum atomic E-state index is -1.59. The van der Waals surface area contributed by atoms with Gasteiger partial charge in [0.25, 0.3) is 0 Å². The van der Waals surface area contributed by atoms with Crippen LogP contribution in [-0.2, 0) is 23.8 Å². The lowest BCUT2D eigenvalue weighted by molar-refractivity contribution is -0.205. The van der Waals surface area contributed by atoms with E-state index in [0.717, 1.165) is 6.42 Å². The highest BCUT2D eigenvalue weighted by Gasteiger charge is 2.53. The van der Waals surface area contributed by atoms with Gasteiger partial charge in [-0.25, -0.2) is 9.18 Å². The third kappa shape index (κ3) is 4.75. The van der Waals surface area contributed by atoms with E-state index in [9.17, 15) is 14.0 Å². The van der Waals surface area contributed by atoms with Crippen molar-refractivity contribution in [3.05, 3.63) is 70.5 Å². The van der Waals surface area contributed by atoms with Crippen LogP contribution in [-0.4, -0.2) is 37.4 Å². The summed E-state index contributed by atoms with van der Waals surface area (Å²) in [7, 11) is 1.47. The number of halogens is 2. The Bertz CT molecular complexity index is 888. The quantitative estimate of drug-likeness (QED) is 0.555. The maximum absolute atomic E-state index is 14.7. The molecule has 31 heavy (non-hydrogen) atoms. The number of benzene rings is 2. The molecule has 3 rings (SSSR count). The maximum Gasteiger partial charge on any atom is 0.353 e. The van der Waals surface area contributed by atoms with E-state index >= 15 is 0 Å². The second-order valence-electron chi connectivity index (χ2n) is 7.48. The second kappa shape index (κ2) is 10.2. The fourth-order valence-electron chi connectivity index (χ4n) is 4.14. The van der Waals surface area contributed by atoms with Gasteiger partial charge in [-0.2, -0.15) is 0 Å². The Morgan fingerprint density at radius 3 is 2.45 bits per heavy atom. The first kappa shape index (κ1) is 23.2. The number of esters is 2. The van der Waals surface area contributed by atoms with Gasteiger partial charge >= 0.3 is 11.9 Å². The summed E-state index contributed by atoms with van der Waals surface area (Å²) in [6.45, 7) is 1.82. The van der Waals surface area contributed by atoms with E-state index in [2.05, 4.69) is 0 Å². The highest BCUT2D eigenvalue weighted by Crippen LogP contribution is 2.39. The van der Waals surface area contributed by atoms with E-state index < -0.39 is 35.4 Å². The molecule has 0 spiro atoms. The molecule has 166 valence electrons. The van der Waals surface area contributed by atoms with E-state index in [1.807, 2.05) is 0 Å². The normalized spacial score (nSPS) is 21.9. The van der Waals surface area contributed by atoms with E-state index in [1.54, 1.807) is 37.3 Å². The van der Waals surface area contributed by atoms with Crippen molar-refractivity contribution in [2.24, 2.45) is 0 Å². The number of rotatable bonds is 7. The highest BCUT2D eigenvalue weighted by atomic mass is 35.5. The van der Waals surface area contributed by atoms with Gasteiger partial charge in [0.15, 0.2) is 0 Å². The predicted octanol–water partition coefficient (Wildman–Crippen LogP) is 5.05. The maximum atomic E-state index is 14.7. The third-order valence-corrected chi connectivity index (χ3v) is 5.99. The molecule has 0 amide bonds. The number of carbonyl (C=O) groups is 2. The molecule has 2 aromatic rings. The van der Waals surface area contributed by atoms with Crippen LogP contribution in [0.15, 0.2) is 48.5 Å². The van der Waals surface area contributed by atoms with E-state index in [0.29, 0.717) is 23.4 Å². The smallest absolute Gasteiger partial charge is 0.353 e. The van der Waals surface area contributed by atoms with Crippen molar-refractivity contribution in [1.82, 2.24) is 0 Å². The van der Waals surface area contributed by atoms with Crippen LogP contribution in [0, 0.1) is 5.82 Å². The zero-order chi connectivity index (χ0) is 22.4. The molecule has 0 N–H and O–H groups in total. The number of hydrogen-bond donors (Lipinski definition) is 0. The van der Waals surface area contributed by atoms with Crippen molar-refractivity contribution in [3.63, 3.8) is 0 Å². The molecule has 0 aliphatic heterocycles. The van der Waals surface area contributed by atoms with Crippen LogP contribution in [0.5, 0.6) is 0 Å². The fraction of sp³-hybridized carbons (Fsp3) is 0.417. The van der Waals surface area contributed by atoms with Gasteiger partial charge < -0.3 is 14.2 Å². The summed E-state index contributed by atoms with van der Waals surface area (Å²) in [5.41, 5.74) is -1.09. The summed E-state index contributed by atoms with van der Waals surface area (Å²) in [4.78, 5) is 26.6. The molecule has 0 radical (unpaired) electrons. The van der Waals surface area contributed by atoms with Crippen LogP contribution in [0.2, 0.25) is 5.02 Å². The number of ether oxygens (including phenoxy) is 3. The number of hydrogen-bond acceptors (Lipinski definition) is 5. The summed E-state index contributed by atoms with van der Waals surface area (Å²) >= 11 is 6.36.